The summed E-state index contributed by atoms with van der Waals surface area (Å²) in [6, 6.07) is 8.85. The molecule has 0 bridgehead atoms. The van der Waals surface area contributed by atoms with Gasteiger partial charge in [-0.15, -0.1) is 0 Å². The van der Waals surface area contributed by atoms with Crippen LogP contribution in [-0.2, 0) is 16.8 Å². The van der Waals surface area contributed by atoms with E-state index >= 15 is 0 Å². The fraction of sp³-hybridized carbons (Fsp3) is 0.696. The van der Waals surface area contributed by atoms with Gasteiger partial charge < -0.3 is 15.3 Å². The number of hydrogen-bond acceptors (Lipinski definition) is 4. The van der Waals surface area contributed by atoms with Gasteiger partial charge in [-0.05, 0) is 63.0 Å². The van der Waals surface area contributed by atoms with Crippen molar-refractivity contribution in [1.29, 1.82) is 0 Å². The van der Waals surface area contributed by atoms with Gasteiger partial charge >= 0.3 is 0 Å². The summed E-state index contributed by atoms with van der Waals surface area (Å²) in [5.41, 5.74) is 2.42. The van der Waals surface area contributed by atoms with Crippen molar-refractivity contribution in [1.82, 2.24) is 15.1 Å². The Morgan fingerprint density at radius 2 is 1.86 bits per heavy atom. The van der Waals surface area contributed by atoms with Crippen molar-refractivity contribution in [3.8, 4) is 0 Å². The number of nitrogens with zero attached hydrogens (tertiary/aromatic N) is 2. The Morgan fingerprint density at radius 3 is 2.54 bits per heavy atom. The predicted molar refractivity (Wildman–Crippen MR) is 111 cm³/mol. The first-order valence-corrected chi connectivity index (χ1v) is 10.9. The molecular weight excluding hydrogens is 350 g/mol. The van der Waals surface area contributed by atoms with E-state index in [1.54, 1.807) is 0 Å². The van der Waals surface area contributed by atoms with E-state index in [9.17, 15) is 9.90 Å². The summed E-state index contributed by atoms with van der Waals surface area (Å²) in [6.07, 6.45) is 5.05. The Labute approximate surface area is 169 Å². The summed E-state index contributed by atoms with van der Waals surface area (Å²) in [7, 11) is 0. The highest BCUT2D eigenvalue weighted by Crippen LogP contribution is 2.37. The monoisotopic (exact) mass is 385 g/mol. The van der Waals surface area contributed by atoms with Gasteiger partial charge in [0.1, 0.15) is 0 Å². The van der Waals surface area contributed by atoms with Crippen LogP contribution in [0.5, 0.6) is 0 Å². The van der Waals surface area contributed by atoms with Crippen molar-refractivity contribution in [3.05, 3.63) is 35.4 Å². The predicted octanol–water partition coefficient (Wildman–Crippen LogP) is 2.13. The van der Waals surface area contributed by atoms with E-state index in [0.29, 0.717) is 12.5 Å². The number of nitrogens with one attached hydrogen (secondary N) is 1. The van der Waals surface area contributed by atoms with E-state index in [4.69, 9.17) is 0 Å². The third-order valence-corrected chi connectivity index (χ3v) is 7.31. The molecule has 1 aromatic rings. The van der Waals surface area contributed by atoms with Crippen LogP contribution in [0, 0.1) is 5.92 Å². The molecule has 0 aliphatic carbocycles. The number of hydrogen-bond donors (Lipinski definition) is 2. The van der Waals surface area contributed by atoms with Crippen LogP contribution in [0.4, 0.5) is 0 Å². The van der Waals surface area contributed by atoms with Crippen LogP contribution in [0.1, 0.15) is 50.7 Å². The zero-order chi connectivity index (χ0) is 19.8. The Morgan fingerprint density at radius 1 is 1.18 bits per heavy atom. The SMILES string of the molecule is CC(C)(O)C1CCN(C(=O)CN2CCC3(CC2)NCCc2ccccc23)CC1. The Bertz CT molecular complexity index is 696. The summed E-state index contributed by atoms with van der Waals surface area (Å²) in [6.45, 7) is 8.84. The van der Waals surface area contributed by atoms with E-state index in [1.165, 1.54) is 11.1 Å². The van der Waals surface area contributed by atoms with Gasteiger partial charge in [-0.25, -0.2) is 0 Å². The number of carbonyl (C=O) groups excluding carboxylic acids is 1. The molecule has 2 saturated heterocycles. The first-order chi connectivity index (χ1) is 13.4. The highest BCUT2D eigenvalue weighted by Gasteiger charge is 2.39. The van der Waals surface area contributed by atoms with Gasteiger partial charge in [0.2, 0.25) is 5.91 Å². The number of carbonyl (C=O) groups is 1. The summed E-state index contributed by atoms with van der Waals surface area (Å²) in [5.74, 6) is 0.547. The zero-order valence-corrected chi connectivity index (χ0v) is 17.4. The standard InChI is InChI=1S/C23H35N3O2/c1-22(2,28)19-8-13-26(14-9-19)21(27)17-25-15-10-23(11-16-25)20-6-4-3-5-18(20)7-12-24-23/h3-6,19,24,28H,7-17H2,1-2H3. The highest BCUT2D eigenvalue weighted by atomic mass is 16.3. The fourth-order valence-corrected chi connectivity index (χ4v) is 5.40. The van der Waals surface area contributed by atoms with Crippen LogP contribution in [0.2, 0.25) is 0 Å². The Balaban J connectivity index is 1.30. The second-order valence-corrected chi connectivity index (χ2v) is 9.50. The average molecular weight is 386 g/mol. The van der Waals surface area contributed by atoms with Crippen molar-refractivity contribution >= 4 is 5.91 Å². The minimum absolute atomic E-state index is 0.0967. The molecule has 2 fully saturated rings. The van der Waals surface area contributed by atoms with E-state index in [2.05, 4.69) is 34.5 Å². The molecule has 0 aromatic heterocycles. The molecule has 1 aromatic carbocycles. The Hall–Kier alpha value is -1.43. The quantitative estimate of drug-likeness (QED) is 0.837. The molecule has 0 atom stereocenters. The number of likely N-dealkylation sites (tertiary alicyclic amines) is 2. The molecule has 2 N–H and O–H groups in total. The molecule has 0 saturated carbocycles. The molecule has 3 aliphatic heterocycles. The molecule has 4 rings (SSSR count). The molecule has 3 heterocycles. The molecule has 5 nitrogen and oxygen atoms in total. The van der Waals surface area contributed by atoms with Gasteiger partial charge in [-0.1, -0.05) is 24.3 Å². The molecular formula is C23H35N3O2. The average Bonchev–Trinajstić information content (AvgIpc) is 2.70. The maximum atomic E-state index is 12.8. The van der Waals surface area contributed by atoms with Crippen LogP contribution in [-0.4, -0.2) is 65.7 Å². The lowest BCUT2D eigenvalue weighted by Crippen LogP contribution is -2.55. The largest absolute Gasteiger partial charge is 0.390 e. The van der Waals surface area contributed by atoms with Crippen LogP contribution in [0.3, 0.4) is 0 Å². The lowest BCUT2D eigenvalue weighted by Gasteiger charge is -2.46. The number of fused-ring (bicyclic) bond motifs is 2. The minimum atomic E-state index is -0.639. The second-order valence-electron chi connectivity index (χ2n) is 9.50. The van der Waals surface area contributed by atoms with Gasteiger partial charge in [0.05, 0.1) is 12.1 Å². The second kappa shape index (κ2) is 7.77. The van der Waals surface area contributed by atoms with Crippen molar-refractivity contribution in [2.45, 2.75) is 57.1 Å². The van der Waals surface area contributed by atoms with Crippen LogP contribution < -0.4 is 5.32 Å². The molecule has 0 unspecified atom stereocenters. The van der Waals surface area contributed by atoms with Gasteiger partial charge in [0, 0.05) is 38.3 Å². The number of amides is 1. The number of rotatable bonds is 3. The van der Waals surface area contributed by atoms with Crippen molar-refractivity contribution in [2.75, 3.05) is 39.3 Å². The lowest BCUT2D eigenvalue weighted by molar-refractivity contribution is -0.135. The van der Waals surface area contributed by atoms with E-state index in [0.717, 1.165) is 64.8 Å². The van der Waals surface area contributed by atoms with E-state index < -0.39 is 5.60 Å². The molecule has 154 valence electrons. The maximum absolute atomic E-state index is 12.8. The van der Waals surface area contributed by atoms with Gasteiger partial charge in [-0.3, -0.25) is 9.69 Å². The van der Waals surface area contributed by atoms with Crippen molar-refractivity contribution in [2.24, 2.45) is 5.92 Å². The molecule has 5 heteroatoms. The molecule has 3 aliphatic rings. The molecule has 1 amide bonds. The molecule has 1 spiro atoms. The maximum Gasteiger partial charge on any atom is 0.236 e. The summed E-state index contributed by atoms with van der Waals surface area (Å²) in [5, 5.41) is 14.0. The van der Waals surface area contributed by atoms with E-state index in [1.807, 2.05) is 18.7 Å². The van der Waals surface area contributed by atoms with Gasteiger partial charge in [0.25, 0.3) is 0 Å². The van der Waals surface area contributed by atoms with Gasteiger partial charge in [-0.2, -0.15) is 0 Å². The fourth-order valence-electron chi connectivity index (χ4n) is 5.40. The number of benzene rings is 1. The van der Waals surface area contributed by atoms with Crippen molar-refractivity contribution in [3.63, 3.8) is 0 Å². The molecule has 0 radical (unpaired) electrons. The summed E-state index contributed by atoms with van der Waals surface area (Å²) in [4.78, 5) is 17.1. The first-order valence-electron chi connectivity index (χ1n) is 10.9. The first kappa shape index (κ1) is 19.9. The molecule has 28 heavy (non-hydrogen) atoms. The van der Waals surface area contributed by atoms with Crippen LogP contribution in [0.15, 0.2) is 24.3 Å². The van der Waals surface area contributed by atoms with Crippen LogP contribution in [0.25, 0.3) is 0 Å². The minimum Gasteiger partial charge on any atom is -0.390 e. The third kappa shape index (κ3) is 3.98. The Kier molecular flexibility index (Phi) is 5.51. The summed E-state index contributed by atoms with van der Waals surface area (Å²) >= 11 is 0. The third-order valence-electron chi connectivity index (χ3n) is 7.31. The lowest BCUT2D eigenvalue weighted by atomic mass is 9.76. The number of aliphatic hydroxyl groups is 1. The zero-order valence-electron chi connectivity index (χ0n) is 17.4. The normalized spacial score (nSPS) is 23.6. The smallest absolute Gasteiger partial charge is 0.236 e. The topological polar surface area (TPSA) is 55.8 Å². The summed E-state index contributed by atoms with van der Waals surface area (Å²) < 4.78 is 0. The number of piperidine rings is 2. The van der Waals surface area contributed by atoms with Gasteiger partial charge in [0.15, 0.2) is 0 Å². The van der Waals surface area contributed by atoms with E-state index in [-0.39, 0.29) is 11.4 Å². The highest BCUT2D eigenvalue weighted by molar-refractivity contribution is 5.78. The van der Waals surface area contributed by atoms with Crippen LogP contribution >= 0.6 is 0 Å². The van der Waals surface area contributed by atoms with Crippen molar-refractivity contribution < 1.29 is 9.90 Å².